The fraction of sp³-hybridized carbons (Fsp3) is 0.438. The molecule has 3 aromatic rings. The van der Waals surface area contributed by atoms with Crippen molar-refractivity contribution in [2.45, 2.75) is 71.1 Å². The monoisotopic (exact) mass is 510 g/mol. The van der Waals surface area contributed by atoms with E-state index in [4.69, 9.17) is 9.47 Å². The highest BCUT2D eigenvalue weighted by molar-refractivity contribution is 5.65. The van der Waals surface area contributed by atoms with Crippen molar-refractivity contribution in [2.75, 3.05) is 13.2 Å². The largest absolute Gasteiger partial charge is 0.493 e. The maximum Gasteiger partial charge on any atom is 0.168 e. The third kappa shape index (κ3) is 7.09. The zero-order valence-corrected chi connectivity index (χ0v) is 21.9. The molecule has 0 saturated heterocycles. The fourth-order valence-electron chi connectivity index (χ4n) is 5.09. The van der Waals surface area contributed by atoms with E-state index in [1.54, 1.807) is 24.3 Å². The van der Waals surface area contributed by atoms with Gasteiger partial charge in [-0.1, -0.05) is 68.1 Å². The van der Waals surface area contributed by atoms with Crippen molar-refractivity contribution < 1.29 is 22.6 Å². The number of hydrogen-bond donors (Lipinski definition) is 0. The summed E-state index contributed by atoms with van der Waals surface area (Å²) < 4.78 is 55.8. The Labute approximate surface area is 218 Å². The first kappa shape index (κ1) is 27.1. The SMILES string of the molecule is CCCCCCOc1ccc(OCC2CCC(c3ccc(-c4ccc(C)cc4)c(F)c3F)CC2)cc1F. The fourth-order valence-corrected chi connectivity index (χ4v) is 5.09. The molecule has 5 heteroatoms. The average Bonchev–Trinajstić information content (AvgIpc) is 2.91. The van der Waals surface area contributed by atoms with Crippen LogP contribution in [0, 0.1) is 30.3 Å². The predicted molar refractivity (Wildman–Crippen MR) is 143 cm³/mol. The smallest absolute Gasteiger partial charge is 0.168 e. The van der Waals surface area contributed by atoms with Crippen molar-refractivity contribution in [1.82, 2.24) is 0 Å². The Balaban J connectivity index is 1.27. The van der Waals surface area contributed by atoms with Crippen molar-refractivity contribution in [3.63, 3.8) is 0 Å². The van der Waals surface area contributed by atoms with Crippen LogP contribution in [0.2, 0.25) is 0 Å². The molecule has 0 atom stereocenters. The molecule has 0 amide bonds. The molecule has 198 valence electrons. The van der Waals surface area contributed by atoms with Gasteiger partial charge >= 0.3 is 0 Å². The molecule has 0 spiro atoms. The Morgan fingerprint density at radius 2 is 1.54 bits per heavy atom. The molecule has 0 aromatic heterocycles. The molecular weight excluding hydrogens is 473 g/mol. The molecule has 0 N–H and O–H groups in total. The van der Waals surface area contributed by atoms with Crippen molar-refractivity contribution in [3.8, 4) is 22.6 Å². The lowest BCUT2D eigenvalue weighted by Crippen LogP contribution is -2.20. The quantitative estimate of drug-likeness (QED) is 0.239. The Morgan fingerprint density at radius 1 is 0.784 bits per heavy atom. The highest BCUT2D eigenvalue weighted by Crippen LogP contribution is 2.39. The summed E-state index contributed by atoms with van der Waals surface area (Å²) in [6, 6.07) is 15.6. The molecular formula is C32H37F3O2. The van der Waals surface area contributed by atoms with Gasteiger partial charge in [-0.2, -0.15) is 0 Å². The molecule has 2 nitrogen and oxygen atoms in total. The molecule has 1 aliphatic carbocycles. The molecule has 0 aliphatic heterocycles. The number of halogens is 3. The highest BCUT2D eigenvalue weighted by Gasteiger charge is 2.27. The van der Waals surface area contributed by atoms with E-state index < -0.39 is 17.5 Å². The maximum atomic E-state index is 15.0. The van der Waals surface area contributed by atoms with Gasteiger partial charge < -0.3 is 9.47 Å². The van der Waals surface area contributed by atoms with Gasteiger partial charge in [-0.05, 0) is 74.1 Å². The van der Waals surface area contributed by atoms with Gasteiger partial charge in [-0.15, -0.1) is 0 Å². The average molecular weight is 511 g/mol. The molecule has 37 heavy (non-hydrogen) atoms. The molecule has 0 radical (unpaired) electrons. The van der Waals surface area contributed by atoms with Crippen LogP contribution in [0.3, 0.4) is 0 Å². The second kappa shape index (κ2) is 13.0. The zero-order valence-electron chi connectivity index (χ0n) is 21.9. The van der Waals surface area contributed by atoms with Gasteiger partial charge in [0, 0.05) is 11.6 Å². The van der Waals surface area contributed by atoms with Gasteiger partial charge in [0.2, 0.25) is 0 Å². The lowest BCUT2D eigenvalue weighted by atomic mass is 9.78. The number of aryl methyl sites for hydroxylation is 1. The van der Waals surface area contributed by atoms with E-state index in [0.717, 1.165) is 56.9 Å². The summed E-state index contributed by atoms with van der Waals surface area (Å²) in [5, 5.41) is 0. The van der Waals surface area contributed by atoms with Crippen LogP contribution in [0.15, 0.2) is 54.6 Å². The molecule has 0 bridgehead atoms. The second-order valence-electron chi connectivity index (χ2n) is 10.2. The van der Waals surface area contributed by atoms with E-state index in [0.29, 0.717) is 41.6 Å². The van der Waals surface area contributed by atoms with Crippen molar-refractivity contribution in [3.05, 3.63) is 83.2 Å². The molecule has 1 aliphatic rings. The topological polar surface area (TPSA) is 18.5 Å². The standard InChI is InChI=1S/C32H37F3O2/c1-3-4-5-6-19-36-30-18-15-26(20-29(30)33)37-21-23-9-13-25(14-10-23)28-17-16-27(31(34)32(28)35)24-11-7-22(2)8-12-24/h7-8,11-12,15-18,20,23,25H,3-6,9-10,13-14,19,21H2,1-2H3. The Bertz CT molecular complexity index is 1150. The van der Waals surface area contributed by atoms with Crippen LogP contribution in [0.25, 0.3) is 11.1 Å². The minimum atomic E-state index is -0.776. The van der Waals surface area contributed by atoms with Gasteiger partial charge in [0.25, 0.3) is 0 Å². The van der Waals surface area contributed by atoms with E-state index >= 15 is 4.39 Å². The van der Waals surface area contributed by atoms with Crippen LogP contribution in [-0.4, -0.2) is 13.2 Å². The van der Waals surface area contributed by atoms with E-state index in [1.807, 2.05) is 31.2 Å². The van der Waals surface area contributed by atoms with Crippen LogP contribution in [0.1, 0.15) is 75.3 Å². The minimum absolute atomic E-state index is 0.0102. The number of ether oxygens (including phenoxy) is 2. The lowest BCUT2D eigenvalue weighted by molar-refractivity contribution is 0.198. The molecule has 1 saturated carbocycles. The summed E-state index contributed by atoms with van der Waals surface area (Å²) in [6.45, 7) is 5.11. The van der Waals surface area contributed by atoms with Gasteiger partial charge in [0.05, 0.1) is 13.2 Å². The molecule has 0 unspecified atom stereocenters. The summed E-state index contributed by atoms with van der Waals surface area (Å²) in [6.07, 6.45) is 7.57. The first-order valence-corrected chi connectivity index (χ1v) is 13.6. The van der Waals surface area contributed by atoms with Crippen molar-refractivity contribution in [2.24, 2.45) is 5.92 Å². The van der Waals surface area contributed by atoms with E-state index in [9.17, 15) is 8.78 Å². The van der Waals surface area contributed by atoms with Crippen LogP contribution >= 0.6 is 0 Å². The third-order valence-electron chi connectivity index (χ3n) is 7.41. The van der Waals surface area contributed by atoms with Crippen LogP contribution < -0.4 is 9.47 Å². The number of rotatable bonds is 11. The highest BCUT2D eigenvalue weighted by atomic mass is 19.2. The van der Waals surface area contributed by atoms with Gasteiger partial charge in [0.15, 0.2) is 23.2 Å². The first-order valence-electron chi connectivity index (χ1n) is 13.6. The maximum absolute atomic E-state index is 15.0. The third-order valence-corrected chi connectivity index (χ3v) is 7.41. The van der Waals surface area contributed by atoms with Gasteiger partial charge in [-0.3, -0.25) is 0 Å². The molecule has 4 rings (SSSR count). The van der Waals surface area contributed by atoms with E-state index in [1.165, 1.54) is 6.07 Å². The Hall–Kier alpha value is -2.95. The summed E-state index contributed by atoms with van der Waals surface area (Å²) in [7, 11) is 0. The molecule has 3 aromatic carbocycles. The molecule has 1 fully saturated rings. The normalized spacial score (nSPS) is 17.5. The van der Waals surface area contributed by atoms with E-state index in [-0.39, 0.29) is 11.7 Å². The number of unbranched alkanes of at least 4 members (excludes halogenated alkanes) is 3. The minimum Gasteiger partial charge on any atom is -0.493 e. The van der Waals surface area contributed by atoms with Crippen molar-refractivity contribution >= 4 is 0 Å². The summed E-state index contributed by atoms with van der Waals surface area (Å²) >= 11 is 0. The number of benzene rings is 3. The Morgan fingerprint density at radius 3 is 2.24 bits per heavy atom. The Kier molecular flexibility index (Phi) is 9.54. The summed E-state index contributed by atoms with van der Waals surface area (Å²) in [5.41, 5.74) is 2.51. The molecule has 0 heterocycles. The summed E-state index contributed by atoms with van der Waals surface area (Å²) in [5.74, 6) is -0.895. The van der Waals surface area contributed by atoms with Crippen LogP contribution in [0.4, 0.5) is 13.2 Å². The van der Waals surface area contributed by atoms with Crippen LogP contribution in [-0.2, 0) is 0 Å². The van der Waals surface area contributed by atoms with Crippen molar-refractivity contribution in [1.29, 1.82) is 0 Å². The number of hydrogen-bond acceptors (Lipinski definition) is 2. The predicted octanol–water partition coefficient (Wildman–Crippen LogP) is 9.39. The second-order valence-corrected chi connectivity index (χ2v) is 10.2. The van der Waals surface area contributed by atoms with Gasteiger partial charge in [-0.25, -0.2) is 13.2 Å². The lowest BCUT2D eigenvalue weighted by Gasteiger charge is -2.29. The summed E-state index contributed by atoms with van der Waals surface area (Å²) in [4.78, 5) is 0. The van der Waals surface area contributed by atoms with Crippen LogP contribution in [0.5, 0.6) is 11.5 Å². The first-order chi connectivity index (χ1) is 18.0. The van der Waals surface area contributed by atoms with Gasteiger partial charge in [0.1, 0.15) is 5.75 Å². The zero-order chi connectivity index (χ0) is 26.2. The van der Waals surface area contributed by atoms with E-state index in [2.05, 4.69) is 6.92 Å².